The standard InChI is InChI=1S/C14H15N3O5/c1-19-5-4-15-13(18)14-17-16-12(22-14)7-9-2-3-10-11(6-9)21-8-20-10/h2-3,6H,4-5,7-8H2,1H3,(H,15,18). The Morgan fingerprint density at radius 2 is 2.18 bits per heavy atom. The molecule has 0 aliphatic carbocycles. The van der Waals surface area contributed by atoms with Crippen LogP contribution in [0.3, 0.4) is 0 Å². The molecular formula is C14H15N3O5. The van der Waals surface area contributed by atoms with Gasteiger partial charge in [-0.1, -0.05) is 6.07 Å². The van der Waals surface area contributed by atoms with Gasteiger partial charge in [-0.2, -0.15) is 0 Å². The summed E-state index contributed by atoms with van der Waals surface area (Å²) in [4.78, 5) is 11.7. The summed E-state index contributed by atoms with van der Waals surface area (Å²) in [5.41, 5.74) is 0.930. The minimum atomic E-state index is -0.415. The van der Waals surface area contributed by atoms with E-state index in [2.05, 4.69) is 15.5 Å². The monoisotopic (exact) mass is 305 g/mol. The van der Waals surface area contributed by atoms with Gasteiger partial charge in [0.05, 0.1) is 13.0 Å². The normalized spacial score (nSPS) is 12.4. The van der Waals surface area contributed by atoms with Crippen molar-refractivity contribution in [1.82, 2.24) is 15.5 Å². The smallest absolute Gasteiger partial charge is 0.308 e. The fraction of sp³-hybridized carbons (Fsp3) is 0.357. The predicted octanol–water partition coefficient (Wildman–Crippen LogP) is 0.765. The van der Waals surface area contributed by atoms with Gasteiger partial charge in [0.25, 0.3) is 0 Å². The third-order valence-electron chi connectivity index (χ3n) is 3.05. The van der Waals surface area contributed by atoms with Gasteiger partial charge in [-0.3, -0.25) is 4.79 Å². The third kappa shape index (κ3) is 3.17. The molecule has 1 aromatic heterocycles. The lowest BCUT2D eigenvalue weighted by Gasteiger charge is -2.00. The first-order valence-corrected chi connectivity index (χ1v) is 6.74. The number of fused-ring (bicyclic) bond motifs is 1. The van der Waals surface area contributed by atoms with E-state index in [0.717, 1.165) is 5.56 Å². The van der Waals surface area contributed by atoms with Crippen LogP contribution in [0.25, 0.3) is 0 Å². The molecule has 0 bridgehead atoms. The molecule has 0 fully saturated rings. The lowest BCUT2D eigenvalue weighted by atomic mass is 10.1. The summed E-state index contributed by atoms with van der Waals surface area (Å²) in [5, 5.41) is 10.2. The highest BCUT2D eigenvalue weighted by Crippen LogP contribution is 2.32. The molecule has 0 atom stereocenters. The van der Waals surface area contributed by atoms with E-state index in [1.54, 1.807) is 7.11 Å². The average molecular weight is 305 g/mol. The molecular weight excluding hydrogens is 290 g/mol. The molecule has 1 aliphatic rings. The van der Waals surface area contributed by atoms with Gasteiger partial charge in [-0.15, -0.1) is 10.2 Å². The van der Waals surface area contributed by atoms with Crippen LogP contribution in [0, 0.1) is 0 Å². The maximum absolute atomic E-state index is 11.7. The number of hydrogen-bond donors (Lipinski definition) is 1. The van der Waals surface area contributed by atoms with E-state index < -0.39 is 5.91 Å². The molecule has 116 valence electrons. The summed E-state index contributed by atoms with van der Waals surface area (Å²) in [6.45, 7) is 1.03. The number of rotatable bonds is 6. The van der Waals surface area contributed by atoms with E-state index in [1.807, 2.05) is 18.2 Å². The summed E-state index contributed by atoms with van der Waals surface area (Å²) in [6, 6.07) is 5.56. The number of hydrogen-bond acceptors (Lipinski definition) is 7. The molecule has 1 amide bonds. The van der Waals surface area contributed by atoms with E-state index in [4.69, 9.17) is 18.6 Å². The molecule has 1 aromatic carbocycles. The maximum Gasteiger partial charge on any atom is 0.308 e. The van der Waals surface area contributed by atoms with E-state index in [0.29, 0.717) is 37.0 Å². The van der Waals surface area contributed by atoms with E-state index in [-0.39, 0.29) is 12.7 Å². The Balaban J connectivity index is 1.63. The molecule has 1 aliphatic heterocycles. The summed E-state index contributed by atoms with van der Waals surface area (Å²) >= 11 is 0. The molecule has 2 heterocycles. The molecule has 0 saturated carbocycles. The maximum atomic E-state index is 11.7. The highest BCUT2D eigenvalue weighted by molar-refractivity contribution is 5.89. The minimum Gasteiger partial charge on any atom is -0.454 e. The van der Waals surface area contributed by atoms with Gasteiger partial charge < -0.3 is 23.9 Å². The number of carbonyl (C=O) groups is 1. The van der Waals surface area contributed by atoms with Crippen LogP contribution in [-0.2, 0) is 11.2 Å². The van der Waals surface area contributed by atoms with Crippen LogP contribution >= 0.6 is 0 Å². The molecule has 8 nitrogen and oxygen atoms in total. The fourth-order valence-electron chi connectivity index (χ4n) is 1.98. The van der Waals surface area contributed by atoms with E-state index in [1.165, 1.54) is 0 Å². The van der Waals surface area contributed by atoms with Gasteiger partial charge >= 0.3 is 11.8 Å². The summed E-state index contributed by atoms with van der Waals surface area (Å²) < 4.78 is 20.8. The lowest BCUT2D eigenvalue weighted by molar-refractivity contribution is 0.0901. The Hall–Kier alpha value is -2.61. The SMILES string of the molecule is COCCNC(=O)c1nnc(Cc2ccc3c(c2)OCO3)o1. The minimum absolute atomic E-state index is 0.0631. The zero-order valence-electron chi connectivity index (χ0n) is 12.0. The zero-order chi connectivity index (χ0) is 15.4. The topological polar surface area (TPSA) is 95.7 Å². The predicted molar refractivity (Wildman–Crippen MR) is 73.9 cm³/mol. The van der Waals surface area contributed by atoms with Gasteiger partial charge in [0.1, 0.15) is 0 Å². The van der Waals surface area contributed by atoms with Gasteiger partial charge in [0.2, 0.25) is 12.7 Å². The molecule has 1 N–H and O–H groups in total. The van der Waals surface area contributed by atoms with Gasteiger partial charge in [-0.05, 0) is 17.7 Å². The fourth-order valence-corrected chi connectivity index (χ4v) is 1.98. The average Bonchev–Trinajstić information content (AvgIpc) is 3.16. The second kappa shape index (κ2) is 6.44. The molecule has 0 saturated heterocycles. The van der Waals surface area contributed by atoms with E-state index >= 15 is 0 Å². The Bertz CT molecular complexity index is 670. The third-order valence-corrected chi connectivity index (χ3v) is 3.05. The van der Waals surface area contributed by atoms with Crippen molar-refractivity contribution < 1.29 is 23.4 Å². The second-order valence-electron chi connectivity index (χ2n) is 4.61. The highest BCUT2D eigenvalue weighted by Gasteiger charge is 2.17. The number of nitrogens with one attached hydrogen (secondary N) is 1. The number of aromatic nitrogens is 2. The quantitative estimate of drug-likeness (QED) is 0.787. The largest absolute Gasteiger partial charge is 0.454 e. The number of amides is 1. The van der Waals surface area contributed by atoms with Crippen molar-refractivity contribution in [3.05, 3.63) is 35.5 Å². The van der Waals surface area contributed by atoms with Crippen molar-refractivity contribution in [3.63, 3.8) is 0 Å². The number of ether oxygens (including phenoxy) is 3. The number of carbonyl (C=O) groups excluding carboxylic acids is 1. The Morgan fingerprint density at radius 1 is 1.32 bits per heavy atom. The Morgan fingerprint density at radius 3 is 3.05 bits per heavy atom. The number of nitrogens with zero attached hydrogens (tertiary/aromatic N) is 2. The summed E-state index contributed by atoms with van der Waals surface area (Å²) in [5.74, 6) is 1.28. The van der Waals surface area contributed by atoms with Gasteiger partial charge in [0, 0.05) is 13.7 Å². The molecule has 0 radical (unpaired) electrons. The van der Waals surface area contributed by atoms with E-state index in [9.17, 15) is 4.79 Å². The van der Waals surface area contributed by atoms with Crippen molar-refractivity contribution >= 4 is 5.91 Å². The Labute approximate surface area is 126 Å². The van der Waals surface area contributed by atoms with Crippen molar-refractivity contribution in [1.29, 1.82) is 0 Å². The van der Waals surface area contributed by atoms with Crippen LogP contribution in [0.15, 0.2) is 22.6 Å². The summed E-state index contributed by atoms with van der Waals surface area (Å²) in [7, 11) is 1.56. The van der Waals surface area contributed by atoms with Crippen LogP contribution in [-0.4, -0.2) is 43.2 Å². The zero-order valence-corrected chi connectivity index (χ0v) is 12.0. The van der Waals surface area contributed by atoms with Crippen molar-refractivity contribution in [2.45, 2.75) is 6.42 Å². The van der Waals surface area contributed by atoms with Crippen molar-refractivity contribution in [2.24, 2.45) is 0 Å². The van der Waals surface area contributed by atoms with Crippen LogP contribution < -0.4 is 14.8 Å². The van der Waals surface area contributed by atoms with Gasteiger partial charge in [0.15, 0.2) is 11.5 Å². The van der Waals surface area contributed by atoms with Crippen LogP contribution in [0.2, 0.25) is 0 Å². The molecule has 8 heteroatoms. The molecule has 3 rings (SSSR count). The molecule has 0 spiro atoms. The highest BCUT2D eigenvalue weighted by atomic mass is 16.7. The van der Waals surface area contributed by atoms with Crippen molar-refractivity contribution in [3.8, 4) is 11.5 Å². The Kier molecular flexibility index (Phi) is 4.19. The summed E-state index contributed by atoms with van der Waals surface area (Å²) in [6.07, 6.45) is 0.412. The number of methoxy groups -OCH3 is 1. The first kappa shape index (κ1) is 14.3. The van der Waals surface area contributed by atoms with Crippen LogP contribution in [0.1, 0.15) is 22.1 Å². The first-order chi connectivity index (χ1) is 10.8. The second-order valence-corrected chi connectivity index (χ2v) is 4.61. The molecule has 22 heavy (non-hydrogen) atoms. The van der Waals surface area contributed by atoms with Gasteiger partial charge in [-0.25, -0.2) is 0 Å². The van der Waals surface area contributed by atoms with Crippen LogP contribution in [0.4, 0.5) is 0 Å². The number of benzene rings is 1. The lowest BCUT2D eigenvalue weighted by Crippen LogP contribution is -2.27. The first-order valence-electron chi connectivity index (χ1n) is 6.74. The van der Waals surface area contributed by atoms with Crippen molar-refractivity contribution in [2.75, 3.05) is 27.1 Å². The van der Waals surface area contributed by atoms with Crippen LogP contribution in [0.5, 0.6) is 11.5 Å². The molecule has 0 unspecified atom stereocenters. The molecule has 2 aromatic rings.